The van der Waals surface area contributed by atoms with Crippen LogP contribution in [0.25, 0.3) is 11.0 Å². The summed E-state index contributed by atoms with van der Waals surface area (Å²) in [5, 5.41) is 3.19. The van der Waals surface area contributed by atoms with Gasteiger partial charge in [-0.25, -0.2) is 4.98 Å². The first-order valence-electron chi connectivity index (χ1n) is 8.62. The van der Waals surface area contributed by atoms with Crippen LogP contribution in [0.5, 0.6) is 0 Å². The van der Waals surface area contributed by atoms with Crippen molar-refractivity contribution in [2.75, 3.05) is 0 Å². The molecule has 0 saturated heterocycles. The number of fused-ring (bicyclic) bond motifs is 1. The largest absolute Gasteiger partial charge is 0.462 e. The zero-order valence-corrected chi connectivity index (χ0v) is 15.9. The maximum absolute atomic E-state index is 12.4. The molecule has 0 aliphatic rings. The molecule has 0 atom stereocenters. The number of ether oxygens (including phenoxy) is 1. The van der Waals surface area contributed by atoms with E-state index in [0.717, 1.165) is 11.0 Å². The van der Waals surface area contributed by atoms with Crippen LogP contribution in [0.3, 0.4) is 0 Å². The van der Waals surface area contributed by atoms with E-state index >= 15 is 0 Å². The zero-order valence-electron chi connectivity index (χ0n) is 15.1. The van der Waals surface area contributed by atoms with E-state index in [-0.39, 0.29) is 31.1 Å². The molecule has 1 amide bonds. The molecule has 0 unspecified atom stereocenters. The Balaban J connectivity index is 1.83. The number of amides is 1. The van der Waals surface area contributed by atoms with Gasteiger partial charge in [0.2, 0.25) is 0 Å². The summed E-state index contributed by atoms with van der Waals surface area (Å²) in [6, 6.07) is 14.3. The zero-order chi connectivity index (χ0) is 19.4. The van der Waals surface area contributed by atoms with Crippen molar-refractivity contribution in [1.82, 2.24) is 14.9 Å². The molecule has 1 N–H and O–H groups in total. The molecule has 7 heteroatoms. The Bertz CT molecular complexity index is 982. The second kappa shape index (κ2) is 8.22. The number of rotatable bonds is 6. The van der Waals surface area contributed by atoms with Crippen molar-refractivity contribution in [2.24, 2.45) is 0 Å². The summed E-state index contributed by atoms with van der Waals surface area (Å²) < 4.78 is 7.00. The van der Waals surface area contributed by atoms with Crippen molar-refractivity contribution in [3.8, 4) is 0 Å². The van der Waals surface area contributed by atoms with Crippen molar-refractivity contribution in [3.63, 3.8) is 0 Å². The lowest BCUT2D eigenvalue weighted by molar-refractivity contribution is -0.148. The molecule has 0 bridgehead atoms. The van der Waals surface area contributed by atoms with Crippen LogP contribution in [0.4, 0.5) is 0 Å². The Hall–Kier alpha value is -2.86. The number of benzene rings is 2. The van der Waals surface area contributed by atoms with Crippen LogP contribution in [0.15, 0.2) is 48.5 Å². The summed E-state index contributed by atoms with van der Waals surface area (Å²) in [5.41, 5.74) is 1.94. The second-order valence-electron chi connectivity index (χ2n) is 6.30. The number of nitrogens with zero attached hydrogens (tertiary/aromatic N) is 2. The van der Waals surface area contributed by atoms with Crippen molar-refractivity contribution in [1.29, 1.82) is 0 Å². The fraction of sp³-hybridized carbons (Fsp3) is 0.250. The van der Waals surface area contributed by atoms with Crippen molar-refractivity contribution < 1.29 is 14.3 Å². The number of para-hydroxylation sites is 2. The molecule has 1 aromatic heterocycles. The molecule has 0 fully saturated rings. The number of hydrogen-bond donors (Lipinski definition) is 1. The highest BCUT2D eigenvalue weighted by atomic mass is 35.5. The van der Waals surface area contributed by atoms with Gasteiger partial charge in [0.15, 0.2) is 0 Å². The molecule has 0 radical (unpaired) electrons. The van der Waals surface area contributed by atoms with Gasteiger partial charge in [0.25, 0.3) is 5.91 Å². The SMILES string of the molecule is CC(C)OC(=O)Cn1c(CNC(=O)c2ccccc2Cl)nc2ccccc21. The summed E-state index contributed by atoms with van der Waals surface area (Å²) in [5.74, 6) is -0.0897. The van der Waals surface area contributed by atoms with Gasteiger partial charge >= 0.3 is 5.97 Å². The highest BCUT2D eigenvalue weighted by molar-refractivity contribution is 6.33. The molecule has 0 spiro atoms. The number of carbonyl (C=O) groups is 2. The smallest absolute Gasteiger partial charge is 0.326 e. The molecule has 0 aliphatic carbocycles. The fourth-order valence-electron chi connectivity index (χ4n) is 2.77. The molecule has 140 valence electrons. The first kappa shape index (κ1) is 18.9. The molecular weight excluding hydrogens is 366 g/mol. The van der Waals surface area contributed by atoms with Crippen LogP contribution in [0, 0.1) is 0 Å². The van der Waals surface area contributed by atoms with Gasteiger partial charge in [0.1, 0.15) is 12.4 Å². The average molecular weight is 386 g/mol. The van der Waals surface area contributed by atoms with Crippen LogP contribution >= 0.6 is 11.6 Å². The predicted octanol–water partition coefficient (Wildman–Crippen LogP) is 3.57. The van der Waals surface area contributed by atoms with Gasteiger partial charge in [-0.1, -0.05) is 35.9 Å². The van der Waals surface area contributed by atoms with Crippen LogP contribution < -0.4 is 5.32 Å². The maximum Gasteiger partial charge on any atom is 0.326 e. The first-order chi connectivity index (χ1) is 13.0. The number of halogens is 1. The van der Waals surface area contributed by atoms with Gasteiger partial charge in [-0.3, -0.25) is 9.59 Å². The number of carbonyl (C=O) groups excluding carboxylic acids is 2. The molecule has 0 aliphatic heterocycles. The minimum atomic E-state index is -0.355. The number of esters is 1. The average Bonchev–Trinajstić information content (AvgIpc) is 2.97. The quantitative estimate of drug-likeness (QED) is 0.658. The van der Waals surface area contributed by atoms with Crippen molar-refractivity contribution in [2.45, 2.75) is 33.0 Å². The predicted molar refractivity (Wildman–Crippen MR) is 104 cm³/mol. The summed E-state index contributed by atoms with van der Waals surface area (Å²) >= 11 is 6.07. The topological polar surface area (TPSA) is 73.2 Å². The minimum Gasteiger partial charge on any atom is -0.462 e. The second-order valence-corrected chi connectivity index (χ2v) is 6.71. The van der Waals surface area contributed by atoms with E-state index in [9.17, 15) is 9.59 Å². The van der Waals surface area contributed by atoms with Crippen LogP contribution in [0.2, 0.25) is 5.02 Å². The lowest BCUT2D eigenvalue weighted by Gasteiger charge is -2.12. The number of aromatic nitrogens is 2. The Kier molecular flexibility index (Phi) is 5.76. The van der Waals surface area contributed by atoms with E-state index in [4.69, 9.17) is 16.3 Å². The molecule has 27 heavy (non-hydrogen) atoms. The van der Waals surface area contributed by atoms with Gasteiger partial charge in [0.05, 0.1) is 34.3 Å². The third-order valence-corrected chi connectivity index (χ3v) is 4.24. The minimum absolute atomic E-state index is 0.0238. The number of hydrogen-bond acceptors (Lipinski definition) is 4. The van der Waals surface area contributed by atoms with Gasteiger partial charge in [-0.2, -0.15) is 0 Å². The fourth-order valence-corrected chi connectivity index (χ4v) is 2.99. The Morgan fingerprint density at radius 3 is 2.59 bits per heavy atom. The van der Waals surface area contributed by atoms with E-state index in [1.165, 1.54) is 0 Å². The maximum atomic E-state index is 12.4. The van der Waals surface area contributed by atoms with E-state index in [1.807, 2.05) is 24.3 Å². The molecule has 0 saturated carbocycles. The lowest BCUT2D eigenvalue weighted by atomic mass is 10.2. The van der Waals surface area contributed by atoms with E-state index in [0.29, 0.717) is 16.4 Å². The van der Waals surface area contributed by atoms with Crippen LogP contribution in [0.1, 0.15) is 30.0 Å². The summed E-state index contributed by atoms with van der Waals surface area (Å²) in [6.45, 7) is 3.78. The monoisotopic (exact) mass is 385 g/mol. The normalized spacial score (nSPS) is 11.0. The molecular formula is C20H20ClN3O3. The van der Waals surface area contributed by atoms with Crippen LogP contribution in [-0.2, 0) is 22.6 Å². The first-order valence-corrected chi connectivity index (χ1v) is 9.00. The molecule has 3 aromatic rings. The van der Waals surface area contributed by atoms with Gasteiger partial charge in [-0.05, 0) is 38.1 Å². The highest BCUT2D eigenvalue weighted by Crippen LogP contribution is 2.18. The van der Waals surface area contributed by atoms with Crippen molar-refractivity contribution in [3.05, 3.63) is 64.9 Å². The third-order valence-electron chi connectivity index (χ3n) is 3.91. The standard InChI is InChI=1S/C20H20ClN3O3/c1-13(2)27-19(25)12-24-17-10-6-5-9-16(17)23-18(24)11-22-20(26)14-7-3-4-8-15(14)21/h3-10,13H,11-12H2,1-2H3,(H,22,26). The summed E-state index contributed by atoms with van der Waals surface area (Å²) in [4.78, 5) is 29.1. The molecule has 6 nitrogen and oxygen atoms in total. The van der Waals surface area contributed by atoms with E-state index in [1.54, 1.807) is 42.7 Å². The van der Waals surface area contributed by atoms with Crippen LogP contribution in [-0.4, -0.2) is 27.5 Å². The summed E-state index contributed by atoms with van der Waals surface area (Å²) in [7, 11) is 0. The van der Waals surface area contributed by atoms with Gasteiger partial charge in [-0.15, -0.1) is 0 Å². The molecule has 2 aromatic carbocycles. The Morgan fingerprint density at radius 1 is 1.15 bits per heavy atom. The van der Waals surface area contributed by atoms with Crippen molar-refractivity contribution >= 4 is 34.5 Å². The summed E-state index contributed by atoms with van der Waals surface area (Å²) in [6.07, 6.45) is -0.198. The third kappa shape index (κ3) is 4.46. The van der Waals surface area contributed by atoms with Gasteiger partial charge in [0, 0.05) is 0 Å². The lowest BCUT2D eigenvalue weighted by Crippen LogP contribution is -2.26. The highest BCUT2D eigenvalue weighted by Gasteiger charge is 2.16. The number of nitrogens with one attached hydrogen (secondary N) is 1. The molecule has 1 heterocycles. The van der Waals surface area contributed by atoms with E-state index in [2.05, 4.69) is 10.3 Å². The van der Waals surface area contributed by atoms with Gasteiger partial charge < -0.3 is 14.6 Å². The molecule has 3 rings (SSSR count). The Morgan fingerprint density at radius 2 is 1.85 bits per heavy atom. The number of imidazole rings is 1. The Labute approximate surface area is 162 Å². The van der Waals surface area contributed by atoms with E-state index < -0.39 is 0 Å².